The van der Waals surface area contributed by atoms with Crippen LogP contribution in [0.3, 0.4) is 0 Å². The number of carbonyl (C=O) groups excluding carboxylic acids is 3. The highest BCUT2D eigenvalue weighted by molar-refractivity contribution is 5.96. The first-order valence-corrected chi connectivity index (χ1v) is 10.4. The predicted molar refractivity (Wildman–Crippen MR) is 127 cm³/mol. The smallest absolute Gasteiger partial charge is 0.251 e. The SMILES string of the molecule is CCC(=O)Nc1cccc(NC(=O)CNc2ccc(C(=O)NCc3ccccc3)cc2)c1. The molecule has 0 aromatic heterocycles. The fourth-order valence-electron chi connectivity index (χ4n) is 2.93. The van der Waals surface area contributed by atoms with Crippen LogP contribution in [-0.4, -0.2) is 24.3 Å². The maximum atomic E-state index is 12.3. The van der Waals surface area contributed by atoms with Crippen LogP contribution in [-0.2, 0) is 16.1 Å². The van der Waals surface area contributed by atoms with E-state index in [0.29, 0.717) is 29.9 Å². The van der Waals surface area contributed by atoms with Crippen molar-refractivity contribution < 1.29 is 14.4 Å². The van der Waals surface area contributed by atoms with Gasteiger partial charge in [-0.2, -0.15) is 0 Å². The largest absolute Gasteiger partial charge is 0.376 e. The molecule has 0 aliphatic carbocycles. The van der Waals surface area contributed by atoms with E-state index in [2.05, 4.69) is 21.3 Å². The van der Waals surface area contributed by atoms with Crippen molar-refractivity contribution in [2.24, 2.45) is 0 Å². The van der Waals surface area contributed by atoms with Gasteiger partial charge in [0.15, 0.2) is 0 Å². The Morgan fingerprint density at radius 3 is 2.03 bits per heavy atom. The van der Waals surface area contributed by atoms with E-state index in [4.69, 9.17) is 0 Å². The van der Waals surface area contributed by atoms with Gasteiger partial charge in [0, 0.05) is 35.6 Å². The van der Waals surface area contributed by atoms with E-state index in [0.717, 1.165) is 11.3 Å². The molecule has 0 atom stereocenters. The number of hydrogen-bond donors (Lipinski definition) is 4. The summed E-state index contributed by atoms with van der Waals surface area (Å²) in [6, 6.07) is 23.6. The summed E-state index contributed by atoms with van der Waals surface area (Å²) in [7, 11) is 0. The molecule has 0 unspecified atom stereocenters. The minimum Gasteiger partial charge on any atom is -0.376 e. The highest BCUT2D eigenvalue weighted by Gasteiger charge is 2.07. The van der Waals surface area contributed by atoms with Crippen molar-refractivity contribution in [2.75, 3.05) is 22.5 Å². The molecule has 3 aromatic rings. The van der Waals surface area contributed by atoms with E-state index < -0.39 is 0 Å². The van der Waals surface area contributed by atoms with Crippen molar-refractivity contribution >= 4 is 34.8 Å². The van der Waals surface area contributed by atoms with Crippen molar-refractivity contribution in [1.82, 2.24) is 5.32 Å². The average molecular weight is 431 g/mol. The number of benzene rings is 3. The second-order valence-electron chi connectivity index (χ2n) is 7.13. The van der Waals surface area contributed by atoms with Crippen molar-refractivity contribution in [2.45, 2.75) is 19.9 Å². The van der Waals surface area contributed by atoms with Gasteiger partial charge in [-0.15, -0.1) is 0 Å². The van der Waals surface area contributed by atoms with Crippen molar-refractivity contribution in [3.8, 4) is 0 Å². The zero-order chi connectivity index (χ0) is 22.8. The van der Waals surface area contributed by atoms with Crippen LogP contribution < -0.4 is 21.3 Å². The Hall–Kier alpha value is -4.13. The van der Waals surface area contributed by atoms with Gasteiger partial charge in [0.1, 0.15) is 0 Å². The molecule has 0 saturated carbocycles. The van der Waals surface area contributed by atoms with Crippen LogP contribution >= 0.6 is 0 Å². The van der Waals surface area contributed by atoms with Crippen LogP contribution in [0.2, 0.25) is 0 Å². The highest BCUT2D eigenvalue weighted by atomic mass is 16.2. The molecule has 7 nitrogen and oxygen atoms in total. The molecule has 0 heterocycles. The highest BCUT2D eigenvalue weighted by Crippen LogP contribution is 2.15. The molecule has 164 valence electrons. The van der Waals surface area contributed by atoms with Gasteiger partial charge in [0.05, 0.1) is 6.54 Å². The van der Waals surface area contributed by atoms with E-state index >= 15 is 0 Å². The van der Waals surface area contributed by atoms with Gasteiger partial charge in [-0.3, -0.25) is 14.4 Å². The number of nitrogens with one attached hydrogen (secondary N) is 4. The Morgan fingerprint density at radius 1 is 0.719 bits per heavy atom. The molecule has 0 bridgehead atoms. The molecule has 7 heteroatoms. The minimum atomic E-state index is -0.228. The Morgan fingerprint density at radius 2 is 1.38 bits per heavy atom. The van der Waals surface area contributed by atoms with Crippen molar-refractivity contribution in [1.29, 1.82) is 0 Å². The van der Waals surface area contributed by atoms with Crippen LogP contribution in [0.15, 0.2) is 78.9 Å². The van der Waals surface area contributed by atoms with E-state index in [9.17, 15) is 14.4 Å². The van der Waals surface area contributed by atoms with E-state index in [-0.39, 0.29) is 24.3 Å². The van der Waals surface area contributed by atoms with Crippen LogP contribution in [0.25, 0.3) is 0 Å². The molecule has 3 aromatic carbocycles. The molecular formula is C25H26N4O3. The summed E-state index contributed by atoms with van der Waals surface area (Å²) in [5.74, 6) is -0.478. The normalized spacial score (nSPS) is 10.2. The lowest BCUT2D eigenvalue weighted by molar-refractivity contribution is -0.116. The van der Waals surface area contributed by atoms with Gasteiger partial charge in [0.2, 0.25) is 11.8 Å². The zero-order valence-corrected chi connectivity index (χ0v) is 17.9. The molecule has 4 N–H and O–H groups in total. The van der Waals surface area contributed by atoms with Gasteiger partial charge in [0.25, 0.3) is 5.91 Å². The predicted octanol–water partition coefficient (Wildman–Crippen LogP) is 4.02. The number of amides is 3. The van der Waals surface area contributed by atoms with E-state index in [1.54, 1.807) is 55.5 Å². The third kappa shape index (κ3) is 6.98. The molecule has 3 rings (SSSR count). The number of rotatable bonds is 9. The fraction of sp³-hybridized carbons (Fsp3) is 0.160. The Bertz CT molecular complexity index is 1070. The quantitative estimate of drug-likeness (QED) is 0.412. The lowest BCUT2D eigenvalue weighted by atomic mass is 10.1. The molecule has 32 heavy (non-hydrogen) atoms. The van der Waals surface area contributed by atoms with Crippen LogP contribution in [0.4, 0.5) is 17.1 Å². The first kappa shape index (κ1) is 22.6. The molecule has 0 aliphatic rings. The van der Waals surface area contributed by atoms with E-state index in [1.807, 2.05) is 30.3 Å². The van der Waals surface area contributed by atoms with Gasteiger partial charge in [-0.25, -0.2) is 0 Å². The van der Waals surface area contributed by atoms with Crippen molar-refractivity contribution in [3.05, 3.63) is 90.0 Å². The molecule has 0 fully saturated rings. The molecule has 0 spiro atoms. The molecule has 0 aliphatic heterocycles. The molecule has 3 amide bonds. The minimum absolute atomic E-state index is 0.0606. The first-order chi connectivity index (χ1) is 15.5. The van der Waals surface area contributed by atoms with E-state index in [1.165, 1.54) is 0 Å². The average Bonchev–Trinajstić information content (AvgIpc) is 2.82. The number of carbonyl (C=O) groups is 3. The van der Waals surface area contributed by atoms with Gasteiger partial charge < -0.3 is 21.3 Å². The van der Waals surface area contributed by atoms with Crippen molar-refractivity contribution in [3.63, 3.8) is 0 Å². The topological polar surface area (TPSA) is 99.3 Å². The summed E-state index contributed by atoms with van der Waals surface area (Å²) >= 11 is 0. The number of anilines is 3. The molecular weight excluding hydrogens is 404 g/mol. The van der Waals surface area contributed by atoms with Crippen LogP contribution in [0.5, 0.6) is 0 Å². The standard InChI is InChI=1S/C25H26N4O3/c1-2-23(30)28-21-9-6-10-22(15-21)29-24(31)17-26-20-13-11-19(12-14-20)25(32)27-16-18-7-4-3-5-8-18/h3-15,26H,2,16-17H2,1H3,(H,27,32)(H,28,30)(H,29,31). The zero-order valence-electron chi connectivity index (χ0n) is 17.9. The van der Waals surface area contributed by atoms with Crippen LogP contribution in [0, 0.1) is 0 Å². The summed E-state index contributed by atoms with van der Waals surface area (Å²) in [6.07, 6.45) is 0.383. The Balaban J connectivity index is 1.46. The third-order valence-electron chi connectivity index (χ3n) is 4.65. The Labute approximate surface area is 187 Å². The third-order valence-corrected chi connectivity index (χ3v) is 4.65. The molecule has 0 radical (unpaired) electrons. The summed E-state index contributed by atoms with van der Waals surface area (Å²) in [4.78, 5) is 36.0. The maximum absolute atomic E-state index is 12.3. The van der Waals surface area contributed by atoms with Gasteiger partial charge in [-0.05, 0) is 48.0 Å². The van der Waals surface area contributed by atoms with Gasteiger partial charge in [-0.1, -0.05) is 43.3 Å². The van der Waals surface area contributed by atoms with Gasteiger partial charge >= 0.3 is 0 Å². The Kier molecular flexibility index (Phi) is 7.97. The summed E-state index contributed by atoms with van der Waals surface area (Å²) in [5, 5.41) is 11.5. The number of hydrogen-bond acceptors (Lipinski definition) is 4. The summed E-state index contributed by atoms with van der Waals surface area (Å²) in [6.45, 7) is 2.30. The maximum Gasteiger partial charge on any atom is 0.251 e. The second-order valence-corrected chi connectivity index (χ2v) is 7.13. The molecule has 0 saturated heterocycles. The summed E-state index contributed by atoms with van der Waals surface area (Å²) in [5.41, 5.74) is 3.52. The first-order valence-electron chi connectivity index (χ1n) is 10.4. The van der Waals surface area contributed by atoms with Crippen LogP contribution in [0.1, 0.15) is 29.3 Å². The summed E-state index contributed by atoms with van der Waals surface area (Å²) < 4.78 is 0. The fourth-order valence-corrected chi connectivity index (χ4v) is 2.93. The lowest BCUT2D eigenvalue weighted by Gasteiger charge is -2.10. The second kappa shape index (κ2) is 11.3. The lowest BCUT2D eigenvalue weighted by Crippen LogP contribution is -2.23. The monoisotopic (exact) mass is 430 g/mol.